The molecule has 0 aliphatic heterocycles. The number of nitrogens with zero attached hydrogens (tertiary/aromatic N) is 3. The second-order valence-electron chi connectivity index (χ2n) is 4.17. The smallest absolute Gasteiger partial charge is 0.247 e. The van der Waals surface area contributed by atoms with Crippen molar-refractivity contribution in [2.75, 3.05) is 0 Å². The molecule has 2 heterocycles. The van der Waals surface area contributed by atoms with Crippen LogP contribution in [0.2, 0.25) is 10.2 Å². The molecule has 0 unspecified atom stereocenters. The number of rotatable bonds is 3. The fourth-order valence-corrected chi connectivity index (χ4v) is 1.96. The Hall–Kier alpha value is -1.91. The van der Waals surface area contributed by atoms with Crippen LogP contribution >= 0.6 is 23.2 Å². The summed E-state index contributed by atoms with van der Waals surface area (Å²) in [6.07, 6.45) is 2.21. The largest absolute Gasteiger partial charge is 0.420 e. The monoisotopic (exact) mass is 305 g/mol. The molecule has 1 aromatic carbocycles. The van der Waals surface area contributed by atoms with E-state index < -0.39 is 0 Å². The average Bonchev–Trinajstić information content (AvgIpc) is 2.91. The van der Waals surface area contributed by atoms with Gasteiger partial charge in [-0.2, -0.15) is 0 Å². The summed E-state index contributed by atoms with van der Waals surface area (Å²) in [6.45, 7) is 0. The van der Waals surface area contributed by atoms with Gasteiger partial charge in [-0.1, -0.05) is 29.3 Å². The minimum atomic E-state index is 0.459. The molecule has 6 heteroatoms. The number of hydrogen-bond acceptors (Lipinski definition) is 4. The van der Waals surface area contributed by atoms with Gasteiger partial charge in [0, 0.05) is 16.8 Å². The van der Waals surface area contributed by atoms with Crippen LogP contribution in [0.1, 0.15) is 11.5 Å². The van der Waals surface area contributed by atoms with Gasteiger partial charge in [-0.05, 0) is 35.9 Å². The molecule has 0 saturated carbocycles. The lowest BCUT2D eigenvalue weighted by atomic mass is 10.2. The fraction of sp³-hybridized carbons (Fsp3) is 0.0714. The van der Waals surface area contributed by atoms with Gasteiger partial charge in [0.15, 0.2) is 0 Å². The molecule has 0 N–H and O–H groups in total. The van der Waals surface area contributed by atoms with Crippen molar-refractivity contribution in [1.82, 2.24) is 15.2 Å². The molecule has 2 aromatic heterocycles. The lowest BCUT2D eigenvalue weighted by Crippen LogP contribution is -1.89. The van der Waals surface area contributed by atoms with E-state index in [-0.39, 0.29) is 0 Å². The highest BCUT2D eigenvalue weighted by Gasteiger charge is 2.09. The molecular weight excluding hydrogens is 297 g/mol. The first kappa shape index (κ1) is 13.1. The molecule has 0 bridgehead atoms. The summed E-state index contributed by atoms with van der Waals surface area (Å²) >= 11 is 11.6. The molecule has 0 radical (unpaired) electrons. The van der Waals surface area contributed by atoms with Crippen LogP contribution in [0.15, 0.2) is 47.0 Å². The highest BCUT2D eigenvalue weighted by Crippen LogP contribution is 2.21. The zero-order chi connectivity index (χ0) is 13.9. The van der Waals surface area contributed by atoms with E-state index in [9.17, 15) is 0 Å². The van der Waals surface area contributed by atoms with Crippen molar-refractivity contribution < 1.29 is 4.42 Å². The van der Waals surface area contributed by atoms with Crippen molar-refractivity contribution in [3.63, 3.8) is 0 Å². The summed E-state index contributed by atoms with van der Waals surface area (Å²) < 4.78 is 5.62. The van der Waals surface area contributed by atoms with Gasteiger partial charge in [0.2, 0.25) is 11.8 Å². The fourth-order valence-electron chi connectivity index (χ4n) is 1.72. The van der Waals surface area contributed by atoms with Crippen LogP contribution in [0.5, 0.6) is 0 Å². The van der Waals surface area contributed by atoms with E-state index in [1.54, 1.807) is 24.4 Å². The Morgan fingerprint density at radius 3 is 2.45 bits per heavy atom. The van der Waals surface area contributed by atoms with Crippen LogP contribution in [-0.4, -0.2) is 15.2 Å². The van der Waals surface area contributed by atoms with Gasteiger partial charge in [-0.3, -0.25) is 0 Å². The van der Waals surface area contributed by atoms with Crippen molar-refractivity contribution in [2.45, 2.75) is 6.42 Å². The first-order chi connectivity index (χ1) is 9.70. The maximum atomic E-state index is 5.84. The highest BCUT2D eigenvalue weighted by atomic mass is 35.5. The number of hydrogen-bond donors (Lipinski definition) is 0. The van der Waals surface area contributed by atoms with Crippen LogP contribution in [0.3, 0.4) is 0 Å². The quantitative estimate of drug-likeness (QED) is 0.686. The van der Waals surface area contributed by atoms with E-state index in [4.69, 9.17) is 27.6 Å². The third-order valence-corrected chi connectivity index (χ3v) is 3.18. The molecule has 0 aliphatic carbocycles. The summed E-state index contributed by atoms with van der Waals surface area (Å²) in [4.78, 5) is 4.01. The van der Waals surface area contributed by atoms with Gasteiger partial charge < -0.3 is 4.42 Å². The Morgan fingerprint density at radius 2 is 1.75 bits per heavy atom. The summed E-state index contributed by atoms with van der Waals surface area (Å²) in [7, 11) is 0. The molecule has 0 fully saturated rings. The Kier molecular flexibility index (Phi) is 3.67. The molecule has 0 saturated heterocycles. The Morgan fingerprint density at radius 1 is 0.950 bits per heavy atom. The number of halogens is 2. The molecule has 4 nitrogen and oxygen atoms in total. The van der Waals surface area contributed by atoms with Gasteiger partial charge in [-0.25, -0.2) is 4.98 Å². The van der Waals surface area contributed by atoms with Gasteiger partial charge in [0.25, 0.3) is 0 Å². The maximum absolute atomic E-state index is 5.84. The number of pyridine rings is 1. The zero-order valence-electron chi connectivity index (χ0n) is 10.3. The van der Waals surface area contributed by atoms with Crippen LogP contribution in [-0.2, 0) is 6.42 Å². The normalized spacial score (nSPS) is 10.7. The summed E-state index contributed by atoms with van der Waals surface area (Å²) in [6, 6.07) is 10.8. The first-order valence-corrected chi connectivity index (χ1v) is 6.65. The van der Waals surface area contributed by atoms with Crippen molar-refractivity contribution in [1.29, 1.82) is 0 Å². The standard InChI is InChI=1S/C14H9Cl2N3O/c15-11-4-2-10(3-5-11)14-19-18-13(20-14)7-9-1-6-12(16)17-8-9/h1-6,8H,7H2. The predicted molar refractivity (Wildman–Crippen MR) is 76.8 cm³/mol. The Balaban J connectivity index is 1.80. The van der Waals surface area contributed by atoms with E-state index in [0.717, 1.165) is 11.1 Å². The Bertz CT molecular complexity index is 708. The maximum Gasteiger partial charge on any atom is 0.247 e. The second kappa shape index (κ2) is 5.61. The van der Waals surface area contributed by atoms with E-state index in [2.05, 4.69) is 15.2 Å². The van der Waals surface area contributed by atoms with Crippen molar-refractivity contribution in [3.8, 4) is 11.5 Å². The van der Waals surface area contributed by atoms with E-state index in [1.165, 1.54) is 0 Å². The topological polar surface area (TPSA) is 51.8 Å². The van der Waals surface area contributed by atoms with Gasteiger partial charge in [0.1, 0.15) is 5.15 Å². The van der Waals surface area contributed by atoms with Crippen molar-refractivity contribution in [3.05, 3.63) is 64.2 Å². The molecule has 0 atom stereocenters. The van der Waals surface area contributed by atoms with E-state index >= 15 is 0 Å². The summed E-state index contributed by atoms with van der Waals surface area (Å²) in [5.41, 5.74) is 1.79. The lowest BCUT2D eigenvalue weighted by Gasteiger charge is -1.96. The van der Waals surface area contributed by atoms with Crippen LogP contribution in [0, 0.1) is 0 Å². The predicted octanol–water partition coefficient (Wildman–Crippen LogP) is 4.03. The molecule has 100 valence electrons. The Labute approximate surface area is 125 Å². The van der Waals surface area contributed by atoms with Gasteiger partial charge >= 0.3 is 0 Å². The third-order valence-electron chi connectivity index (χ3n) is 2.70. The van der Waals surface area contributed by atoms with Crippen molar-refractivity contribution >= 4 is 23.2 Å². The van der Waals surface area contributed by atoms with E-state index in [0.29, 0.717) is 28.4 Å². The van der Waals surface area contributed by atoms with Crippen molar-refractivity contribution in [2.24, 2.45) is 0 Å². The zero-order valence-corrected chi connectivity index (χ0v) is 11.8. The molecule has 3 rings (SSSR count). The number of benzene rings is 1. The second-order valence-corrected chi connectivity index (χ2v) is 5.00. The van der Waals surface area contributed by atoms with E-state index in [1.807, 2.05) is 18.2 Å². The van der Waals surface area contributed by atoms with Gasteiger partial charge in [-0.15, -0.1) is 10.2 Å². The first-order valence-electron chi connectivity index (χ1n) is 5.89. The number of aromatic nitrogens is 3. The molecular formula is C14H9Cl2N3O. The third kappa shape index (κ3) is 2.98. The molecule has 0 amide bonds. The van der Waals surface area contributed by atoms with Crippen LogP contribution < -0.4 is 0 Å². The molecule has 20 heavy (non-hydrogen) atoms. The summed E-state index contributed by atoms with van der Waals surface area (Å²) in [5, 5.41) is 9.17. The molecule has 0 spiro atoms. The van der Waals surface area contributed by atoms with Crippen LogP contribution in [0.25, 0.3) is 11.5 Å². The minimum absolute atomic E-state index is 0.459. The lowest BCUT2D eigenvalue weighted by molar-refractivity contribution is 0.518. The SMILES string of the molecule is Clc1ccc(-c2nnc(Cc3ccc(Cl)nc3)o2)cc1. The molecule has 3 aromatic rings. The van der Waals surface area contributed by atoms with Gasteiger partial charge in [0.05, 0.1) is 6.42 Å². The average molecular weight is 306 g/mol. The van der Waals surface area contributed by atoms with Crippen LogP contribution in [0.4, 0.5) is 0 Å². The minimum Gasteiger partial charge on any atom is -0.420 e. The molecule has 0 aliphatic rings. The summed E-state index contributed by atoms with van der Waals surface area (Å²) in [5.74, 6) is 0.998. The highest BCUT2D eigenvalue weighted by molar-refractivity contribution is 6.30.